The van der Waals surface area contributed by atoms with Gasteiger partial charge >= 0.3 is 6.01 Å². The summed E-state index contributed by atoms with van der Waals surface area (Å²) < 4.78 is 66.3. The maximum absolute atomic E-state index is 15.9. The van der Waals surface area contributed by atoms with Gasteiger partial charge in [0.2, 0.25) is 0 Å². The molecule has 8 rings (SSSR count). The number of anilines is 1. The van der Waals surface area contributed by atoms with Crippen molar-refractivity contribution in [1.29, 1.82) is 0 Å². The smallest absolute Gasteiger partial charge is 0.319 e. The number of alkyl halides is 1. The van der Waals surface area contributed by atoms with Crippen molar-refractivity contribution in [1.82, 2.24) is 25.2 Å². The first-order valence-electron chi connectivity index (χ1n) is 14.8. The SMILES string of the molecule is Fc1ccc2cccc(-c3nc(Cl)c(F)c4nc(OC[C@@]56CCCN5C[C@H](F)C6)nc(N5C[C@H]6CC[C@@H](C5)N6)c34)c2c1F. The van der Waals surface area contributed by atoms with Crippen LogP contribution in [0.5, 0.6) is 6.01 Å². The van der Waals surface area contributed by atoms with Crippen LogP contribution in [-0.4, -0.2) is 76.4 Å². The summed E-state index contributed by atoms with van der Waals surface area (Å²) in [6.07, 6.45) is 3.18. The fraction of sp³-hybridized carbons (Fsp3) is 0.452. The second kappa shape index (κ2) is 10.1. The number of nitrogens with zero attached hydrogens (tertiary/aromatic N) is 5. The summed E-state index contributed by atoms with van der Waals surface area (Å²) in [5.74, 6) is -2.51. The first-order chi connectivity index (χ1) is 20.8. The molecular weight excluding hydrogens is 584 g/mol. The van der Waals surface area contributed by atoms with Crippen molar-refractivity contribution < 1.29 is 22.3 Å². The van der Waals surface area contributed by atoms with Crippen LogP contribution < -0.4 is 15.0 Å². The monoisotopic (exact) mass is 612 g/mol. The van der Waals surface area contributed by atoms with Crippen LogP contribution in [0.1, 0.15) is 32.1 Å². The van der Waals surface area contributed by atoms with Crippen molar-refractivity contribution in [3.05, 3.63) is 52.9 Å². The van der Waals surface area contributed by atoms with Crippen molar-refractivity contribution in [3.63, 3.8) is 0 Å². The largest absolute Gasteiger partial charge is 0.461 e. The number of fused-ring (bicyclic) bond motifs is 5. The van der Waals surface area contributed by atoms with Crippen molar-refractivity contribution in [2.45, 2.75) is 55.9 Å². The second-order valence-corrected chi connectivity index (χ2v) is 12.6. The highest BCUT2D eigenvalue weighted by atomic mass is 35.5. The number of ether oxygens (including phenoxy) is 1. The van der Waals surface area contributed by atoms with Crippen molar-refractivity contribution in [2.24, 2.45) is 0 Å². The maximum Gasteiger partial charge on any atom is 0.319 e. The quantitative estimate of drug-likeness (QED) is 0.225. The summed E-state index contributed by atoms with van der Waals surface area (Å²) in [5.41, 5.74) is -0.166. The number of piperazine rings is 1. The number of hydrogen-bond acceptors (Lipinski definition) is 7. The number of rotatable bonds is 5. The highest BCUT2D eigenvalue weighted by molar-refractivity contribution is 6.30. The molecule has 4 fully saturated rings. The van der Waals surface area contributed by atoms with Crippen molar-refractivity contribution in [3.8, 4) is 17.3 Å². The molecule has 1 N–H and O–H groups in total. The van der Waals surface area contributed by atoms with Gasteiger partial charge in [0.25, 0.3) is 0 Å². The Labute approximate surface area is 250 Å². The topological polar surface area (TPSA) is 66.4 Å². The van der Waals surface area contributed by atoms with Gasteiger partial charge in [0.15, 0.2) is 22.6 Å². The standard InChI is InChI=1S/C31H29ClF4N6O/c32-28-25(36)27-23(26(38-28)20-4-1-3-16-5-8-21(34)24(35)22(16)20)29(41-13-18-6-7-19(14-41)37-18)40-30(39-27)43-15-31-9-2-10-42(31)12-17(33)11-31/h1,3-5,8,17-19,37H,2,6-7,9-15H2/t17-,18-,19+,31+/m1/s1. The first-order valence-corrected chi connectivity index (χ1v) is 15.1. The fourth-order valence-electron chi connectivity index (χ4n) is 7.72. The zero-order chi connectivity index (χ0) is 29.5. The van der Waals surface area contributed by atoms with E-state index in [1.165, 1.54) is 6.07 Å². The molecule has 6 heterocycles. The Morgan fingerprint density at radius 1 is 0.977 bits per heavy atom. The summed E-state index contributed by atoms with van der Waals surface area (Å²) in [5, 5.41) is 3.84. The average Bonchev–Trinajstić information content (AvgIpc) is 3.65. The Morgan fingerprint density at radius 2 is 1.79 bits per heavy atom. The number of nitrogens with one attached hydrogen (secondary N) is 1. The third kappa shape index (κ3) is 4.42. The minimum Gasteiger partial charge on any atom is -0.461 e. The van der Waals surface area contributed by atoms with E-state index in [4.69, 9.17) is 21.3 Å². The molecule has 4 aromatic rings. The molecule has 4 aliphatic heterocycles. The maximum atomic E-state index is 15.9. The molecule has 2 bridgehead atoms. The zero-order valence-corrected chi connectivity index (χ0v) is 24.0. The van der Waals surface area contributed by atoms with E-state index in [9.17, 15) is 8.78 Å². The summed E-state index contributed by atoms with van der Waals surface area (Å²) in [6.45, 7) is 2.56. The average molecular weight is 613 g/mol. The van der Waals surface area contributed by atoms with Crippen LogP contribution in [0.25, 0.3) is 32.9 Å². The van der Waals surface area contributed by atoms with Crippen LogP contribution in [0.15, 0.2) is 30.3 Å². The number of pyridine rings is 1. The number of halogens is 5. The van der Waals surface area contributed by atoms with Crippen LogP contribution in [0, 0.1) is 17.5 Å². The summed E-state index contributed by atoms with van der Waals surface area (Å²) in [7, 11) is 0. The van der Waals surface area contributed by atoms with Crippen LogP contribution in [0.4, 0.5) is 23.4 Å². The number of benzene rings is 2. The van der Waals surface area contributed by atoms with Gasteiger partial charge in [-0.3, -0.25) is 4.90 Å². The lowest BCUT2D eigenvalue weighted by Crippen LogP contribution is -2.51. The van der Waals surface area contributed by atoms with Gasteiger partial charge in [-0.2, -0.15) is 9.97 Å². The van der Waals surface area contributed by atoms with E-state index in [2.05, 4.69) is 25.1 Å². The Bertz CT molecular complexity index is 1760. The molecule has 7 nitrogen and oxygen atoms in total. The van der Waals surface area contributed by atoms with Gasteiger partial charge in [0, 0.05) is 49.1 Å². The zero-order valence-electron chi connectivity index (χ0n) is 23.2. The molecule has 4 saturated heterocycles. The highest BCUT2D eigenvalue weighted by Gasteiger charge is 2.49. The molecule has 0 unspecified atom stereocenters. The molecular formula is C31H29ClF4N6O. The highest BCUT2D eigenvalue weighted by Crippen LogP contribution is 2.43. The Hall–Kier alpha value is -3.28. The Morgan fingerprint density at radius 3 is 2.60 bits per heavy atom. The molecule has 43 heavy (non-hydrogen) atoms. The summed E-state index contributed by atoms with van der Waals surface area (Å²) >= 11 is 6.35. The van der Waals surface area contributed by atoms with E-state index in [1.807, 2.05) is 0 Å². The number of hydrogen-bond donors (Lipinski definition) is 1. The molecule has 4 aliphatic rings. The predicted molar refractivity (Wildman–Crippen MR) is 156 cm³/mol. The van der Waals surface area contributed by atoms with Gasteiger partial charge in [0.05, 0.1) is 16.6 Å². The summed E-state index contributed by atoms with van der Waals surface area (Å²) in [4.78, 5) is 17.9. The van der Waals surface area contributed by atoms with Crippen LogP contribution >= 0.6 is 11.6 Å². The van der Waals surface area contributed by atoms with E-state index >= 15 is 8.78 Å². The molecule has 0 aliphatic carbocycles. The lowest BCUT2D eigenvalue weighted by Gasteiger charge is -2.35. The third-order valence-electron chi connectivity index (χ3n) is 9.64. The molecule has 2 aromatic heterocycles. The minimum atomic E-state index is -1.03. The van der Waals surface area contributed by atoms with E-state index in [-0.39, 0.29) is 52.2 Å². The van der Waals surface area contributed by atoms with Crippen molar-refractivity contribution in [2.75, 3.05) is 37.7 Å². The molecule has 224 valence electrons. The number of aromatic nitrogens is 3. The van der Waals surface area contributed by atoms with Crippen LogP contribution in [0.2, 0.25) is 5.15 Å². The Kier molecular flexibility index (Phi) is 6.43. The molecule has 12 heteroatoms. The molecule has 0 spiro atoms. The lowest BCUT2D eigenvalue weighted by atomic mass is 9.95. The molecule has 0 amide bonds. The normalized spacial score (nSPS) is 27.0. The second-order valence-electron chi connectivity index (χ2n) is 12.3. The van der Waals surface area contributed by atoms with Crippen LogP contribution in [0.3, 0.4) is 0 Å². The molecule has 4 atom stereocenters. The molecule has 0 saturated carbocycles. The van der Waals surface area contributed by atoms with Gasteiger partial charge < -0.3 is 15.0 Å². The van der Waals surface area contributed by atoms with E-state index in [0.29, 0.717) is 37.3 Å². The van der Waals surface area contributed by atoms with E-state index in [1.54, 1.807) is 18.2 Å². The van der Waals surface area contributed by atoms with Gasteiger partial charge in [0.1, 0.15) is 24.1 Å². The molecule has 0 radical (unpaired) electrons. The van der Waals surface area contributed by atoms with E-state index < -0.39 is 34.3 Å². The van der Waals surface area contributed by atoms with Gasteiger partial charge in [-0.15, -0.1) is 0 Å². The van der Waals surface area contributed by atoms with Crippen molar-refractivity contribution >= 4 is 39.1 Å². The predicted octanol–water partition coefficient (Wildman–Crippen LogP) is 5.81. The van der Waals surface area contributed by atoms with Crippen LogP contribution in [-0.2, 0) is 0 Å². The van der Waals surface area contributed by atoms with Gasteiger partial charge in [-0.1, -0.05) is 35.9 Å². The Balaban J connectivity index is 1.32. The first kappa shape index (κ1) is 27.3. The summed E-state index contributed by atoms with van der Waals surface area (Å²) in [6, 6.07) is 7.93. The third-order valence-corrected chi connectivity index (χ3v) is 9.89. The van der Waals surface area contributed by atoms with E-state index in [0.717, 1.165) is 38.3 Å². The minimum absolute atomic E-state index is 0.00747. The lowest BCUT2D eigenvalue weighted by molar-refractivity contribution is 0.107. The molecule has 2 aromatic carbocycles. The van der Waals surface area contributed by atoms with Gasteiger partial charge in [-0.05, 0) is 43.7 Å². The van der Waals surface area contributed by atoms with Gasteiger partial charge in [-0.25, -0.2) is 22.5 Å². The fourth-order valence-corrected chi connectivity index (χ4v) is 7.89.